The van der Waals surface area contributed by atoms with E-state index in [1.807, 2.05) is 40.5 Å². The van der Waals surface area contributed by atoms with Gasteiger partial charge in [0.25, 0.3) is 5.91 Å². The van der Waals surface area contributed by atoms with Crippen molar-refractivity contribution in [2.45, 2.75) is 32.6 Å². The highest BCUT2D eigenvalue weighted by atomic mass is 19.1. The lowest BCUT2D eigenvalue weighted by Crippen LogP contribution is -2.40. The maximum atomic E-state index is 14.7. The third kappa shape index (κ3) is 5.31. The lowest BCUT2D eigenvalue weighted by molar-refractivity contribution is 0.0692. The predicted molar refractivity (Wildman–Crippen MR) is 149 cm³/mol. The number of fused-ring (bicyclic) bond motifs is 1. The van der Waals surface area contributed by atoms with Gasteiger partial charge in [0.2, 0.25) is 0 Å². The molecule has 2 fully saturated rings. The van der Waals surface area contributed by atoms with Crippen molar-refractivity contribution in [1.82, 2.24) is 19.3 Å². The second kappa shape index (κ2) is 10.6. The predicted octanol–water partition coefficient (Wildman–Crippen LogP) is 5.19. The number of aromatic nitrogens is 3. The highest BCUT2D eigenvalue weighted by Gasteiger charge is 2.24. The average molecular weight is 529 g/mol. The molecular formula is C30H33FN6O2. The van der Waals surface area contributed by atoms with E-state index in [-0.39, 0.29) is 17.5 Å². The number of hydrogen-bond acceptors (Lipinski definition) is 6. The maximum Gasteiger partial charge on any atom is 0.254 e. The van der Waals surface area contributed by atoms with Crippen LogP contribution in [0.4, 0.5) is 15.9 Å². The molecule has 1 amide bonds. The van der Waals surface area contributed by atoms with Crippen molar-refractivity contribution >= 4 is 23.1 Å². The number of piperidine rings is 1. The molecule has 0 radical (unpaired) electrons. The highest BCUT2D eigenvalue weighted by Crippen LogP contribution is 2.32. The average Bonchev–Trinajstić information content (AvgIpc) is 3.68. The number of benzene rings is 2. The van der Waals surface area contributed by atoms with Crippen molar-refractivity contribution in [3.63, 3.8) is 0 Å². The Bertz CT molecular complexity index is 1510. The minimum absolute atomic E-state index is 0.0591. The molecule has 39 heavy (non-hydrogen) atoms. The first-order valence-corrected chi connectivity index (χ1v) is 13.6. The largest absolute Gasteiger partial charge is 0.490 e. The van der Waals surface area contributed by atoms with Crippen molar-refractivity contribution in [2.24, 2.45) is 17.6 Å². The number of nitrogens with two attached hydrogens (primary N) is 1. The van der Waals surface area contributed by atoms with Crippen LogP contribution in [0.1, 0.15) is 41.6 Å². The summed E-state index contributed by atoms with van der Waals surface area (Å²) in [5.74, 6) is 1.58. The van der Waals surface area contributed by atoms with Crippen LogP contribution in [0, 0.1) is 24.6 Å². The Morgan fingerprint density at radius 3 is 2.64 bits per heavy atom. The molecule has 6 rings (SSSR count). The van der Waals surface area contributed by atoms with Gasteiger partial charge in [-0.1, -0.05) is 0 Å². The molecule has 0 atom stereocenters. The molecule has 8 nitrogen and oxygen atoms in total. The lowest BCUT2D eigenvalue weighted by atomic mass is 9.96. The van der Waals surface area contributed by atoms with Gasteiger partial charge in [-0.2, -0.15) is 0 Å². The molecule has 4 aromatic rings. The normalized spacial score (nSPS) is 16.0. The second-order valence-electron chi connectivity index (χ2n) is 10.6. The fourth-order valence-corrected chi connectivity index (χ4v) is 5.15. The van der Waals surface area contributed by atoms with Crippen LogP contribution in [0.15, 0.2) is 55.0 Å². The number of carbonyl (C=O) groups excluding carboxylic acids is 1. The maximum absolute atomic E-state index is 14.7. The molecule has 2 aromatic heterocycles. The van der Waals surface area contributed by atoms with Gasteiger partial charge in [0, 0.05) is 42.3 Å². The fourth-order valence-electron chi connectivity index (χ4n) is 5.15. The summed E-state index contributed by atoms with van der Waals surface area (Å²) in [7, 11) is 0. The molecule has 9 heteroatoms. The Labute approximate surface area is 227 Å². The summed E-state index contributed by atoms with van der Waals surface area (Å²) in [5, 5.41) is 3.34. The Morgan fingerprint density at radius 2 is 1.92 bits per heavy atom. The number of rotatable bonds is 8. The number of anilines is 2. The van der Waals surface area contributed by atoms with E-state index < -0.39 is 0 Å². The molecule has 1 aliphatic heterocycles. The van der Waals surface area contributed by atoms with Gasteiger partial charge in [-0.3, -0.25) is 9.20 Å². The van der Waals surface area contributed by atoms with E-state index in [0.29, 0.717) is 47.6 Å². The van der Waals surface area contributed by atoms with Gasteiger partial charge in [-0.15, -0.1) is 0 Å². The molecule has 0 unspecified atom stereocenters. The minimum Gasteiger partial charge on any atom is -0.490 e. The Morgan fingerprint density at radius 1 is 1.10 bits per heavy atom. The standard InChI is InChI=1S/C30H33FN6O2/c1-19-14-23(5-6-24(19)30(38)36-11-8-20(16-32)9-12-36)35-28-29-34-17-26(37(29)13-10-33-28)22-4-7-27(25(31)15-22)39-18-21-2-3-21/h4-7,10,13-15,17,20-21H,2-3,8-9,11-12,16,18,32H2,1H3,(H,33,35). The fraction of sp³-hybridized carbons (Fsp3) is 0.367. The summed E-state index contributed by atoms with van der Waals surface area (Å²) in [6.45, 7) is 4.68. The zero-order valence-corrected chi connectivity index (χ0v) is 22.1. The van der Waals surface area contributed by atoms with Crippen LogP contribution in [-0.4, -0.2) is 51.4 Å². The first-order chi connectivity index (χ1) is 19.0. The van der Waals surface area contributed by atoms with E-state index in [0.717, 1.165) is 55.7 Å². The Balaban J connectivity index is 1.19. The van der Waals surface area contributed by atoms with Crippen molar-refractivity contribution in [3.05, 3.63) is 71.9 Å². The summed E-state index contributed by atoms with van der Waals surface area (Å²) in [5.41, 5.74) is 10.3. The van der Waals surface area contributed by atoms with Gasteiger partial charge in [-0.05, 0) is 92.9 Å². The van der Waals surface area contributed by atoms with Gasteiger partial charge >= 0.3 is 0 Å². The molecule has 1 aliphatic carbocycles. The quantitative estimate of drug-likeness (QED) is 0.327. The number of aryl methyl sites for hydroxylation is 1. The van der Waals surface area contributed by atoms with E-state index >= 15 is 0 Å². The number of amides is 1. The number of likely N-dealkylation sites (tertiary alicyclic amines) is 1. The van der Waals surface area contributed by atoms with Crippen molar-refractivity contribution < 1.29 is 13.9 Å². The zero-order valence-electron chi connectivity index (χ0n) is 22.1. The van der Waals surface area contributed by atoms with Gasteiger partial charge in [0.05, 0.1) is 18.5 Å². The van der Waals surface area contributed by atoms with Gasteiger partial charge in [0.15, 0.2) is 23.0 Å². The lowest BCUT2D eigenvalue weighted by Gasteiger charge is -2.31. The number of nitrogens with zero attached hydrogens (tertiary/aromatic N) is 4. The molecule has 3 heterocycles. The first kappa shape index (κ1) is 25.3. The molecule has 0 spiro atoms. The van der Waals surface area contributed by atoms with E-state index in [9.17, 15) is 9.18 Å². The zero-order chi connectivity index (χ0) is 26.9. The van der Waals surface area contributed by atoms with Crippen LogP contribution in [-0.2, 0) is 0 Å². The molecule has 1 saturated carbocycles. The van der Waals surface area contributed by atoms with Crippen LogP contribution >= 0.6 is 0 Å². The number of halogens is 1. The molecule has 3 N–H and O–H groups in total. The van der Waals surface area contributed by atoms with Crippen LogP contribution in [0.3, 0.4) is 0 Å². The van der Waals surface area contributed by atoms with Gasteiger partial charge in [-0.25, -0.2) is 14.4 Å². The summed E-state index contributed by atoms with van der Waals surface area (Å²) in [6, 6.07) is 10.7. The third-order valence-electron chi connectivity index (χ3n) is 7.78. The summed E-state index contributed by atoms with van der Waals surface area (Å²) < 4.78 is 22.3. The SMILES string of the molecule is Cc1cc(Nc2nccn3c(-c4ccc(OCC5CC5)c(F)c4)cnc23)ccc1C(=O)N1CCC(CN)CC1. The van der Waals surface area contributed by atoms with Crippen LogP contribution in [0.25, 0.3) is 16.9 Å². The van der Waals surface area contributed by atoms with E-state index in [2.05, 4.69) is 15.3 Å². The van der Waals surface area contributed by atoms with Crippen molar-refractivity contribution in [2.75, 3.05) is 31.6 Å². The monoisotopic (exact) mass is 528 g/mol. The van der Waals surface area contributed by atoms with Gasteiger partial charge in [0.1, 0.15) is 0 Å². The molecule has 202 valence electrons. The summed E-state index contributed by atoms with van der Waals surface area (Å²) in [4.78, 5) is 24.1. The van der Waals surface area contributed by atoms with Crippen LogP contribution in [0.5, 0.6) is 5.75 Å². The van der Waals surface area contributed by atoms with Gasteiger partial charge < -0.3 is 20.7 Å². The van der Waals surface area contributed by atoms with Crippen LogP contribution in [0.2, 0.25) is 0 Å². The molecular weight excluding hydrogens is 495 g/mol. The Hall–Kier alpha value is -3.98. The van der Waals surface area contributed by atoms with Crippen molar-refractivity contribution in [3.8, 4) is 17.0 Å². The number of ether oxygens (including phenoxy) is 1. The molecule has 2 aromatic carbocycles. The Kier molecular flexibility index (Phi) is 6.91. The minimum atomic E-state index is -0.385. The van der Waals surface area contributed by atoms with E-state index in [4.69, 9.17) is 10.5 Å². The van der Waals surface area contributed by atoms with Crippen LogP contribution < -0.4 is 15.8 Å². The smallest absolute Gasteiger partial charge is 0.254 e. The number of carbonyl (C=O) groups is 1. The molecule has 2 aliphatic rings. The van der Waals surface area contributed by atoms with E-state index in [1.165, 1.54) is 6.07 Å². The number of hydrogen-bond donors (Lipinski definition) is 2. The number of nitrogens with one attached hydrogen (secondary N) is 1. The van der Waals surface area contributed by atoms with E-state index in [1.54, 1.807) is 24.7 Å². The molecule has 1 saturated heterocycles. The highest BCUT2D eigenvalue weighted by molar-refractivity contribution is 5.96. The third-order valence-corrected chi connectivity index (χ3v) is 7.78. The number of imidazole rings is 1. The topological polar surface area (TPSA) is 97.8 Å². The second-order valence-corrected chi connectivity index (χ2v) is 10.6. The molecule has 0 bridgehead atoms. The summed E-state index contributed by atoms with van der Waals surface area (Å²) >= 11 is 0. The first-order valence-electron chi connectivity index (χ1n) is 13.6. The summed E-state index contributed by atoms with van der Waals surface area (Å²) in [6.07, 6.45) is 9.41. The van der Waals surface area contributed by atoms with Crippen molar-refractivity contribution in [1.29, 1.82) is 0 Å².